The number of aliphatic hydroxyl groups is 4. The van der Waals surface area contributed by atoms with Crippen LogP contribution in [0, 0.1) is 0 Å². The van der Waals surface area contributed by atoms with Crippen LogP contribution in [-0.2, 0) is 4.79 Å². The molecule has 5 heteroatoms. The van der Waals surface area contributed by atoms with Crippen molar-refractivity contribution < 1.29 is 25.2 Å². The summed E-state index contributed by atoms with van der Waals surface area (Å²) in [4.78, 5) is 11.0. The normalized spacial score (nSPS) is 36.5. The molecule has 1 rings (SSSR count). The maximum atomic E-state index is 11.0. The summed E-state index contributed by atoms with van der Waals surface area (Å²) in [5.74, 6) is -0.740. The molecule has 5 nitrogen and oxygen atoms in total. The SMILES string of the molecule is O=C1C(CO)=C[C@H](O)[C@H](O)[C@H]1O. The molecule has 0 bridgehead atoms. The molecule has 0 spiro atoms. The quantitative estimate of drug-likeness (QED) is 0.354. The highest BCUT2D eigenvalue weighted by atomic mass is 16.4. The average molecular weight is 174 g/mol. The summed E-state index contributed by atoms with van der Waals surface area (Å²) in [6.45, 7) is -0.542. The monoisotopic (exact) mass is 174 g/mol. The van der Waals surface area contributed by atoms with Crippen molar-refractivity contribution in [2.24, 2.45) is 0 Å². The van der Waals surface area contributed by atoms with Gasteiger partial charge in [0.1, 0.15) is 18.3 Å². The first-order chi connectivity index (χ1) is 5.57. The van der Waals surface area contributed by atoms with Gasteiger partial charge in [0.15, 0.2) is 5.78 Å². The summed E-state index contributed by atoms with van der Waals surface area (Å²) < 4.78 is 0. The van der Waals surface area contributed by atoms with Crippen molar-refractivity contribution in [3.05, 3.63) is 11.6 Å². The number of hydrogen-bond donors (Lipinski definition) is 4. The maximum Gasteiger partial charge on any atom is 0.192 e. The van der Waals surface area contributed by atoms with Crippen molar-refractivity contribution in [3.8, 4) is 0 Å². The van der Waals surface area contributed by atoms with Gasteiger partial charge in [-0.3, -0.25) is 4.79 Å². The molecule has 12 heavy (non-hydrogen) atoms. The van der Waals surface area contributed by atoms with E-state index in [2.05, 4.69) is 0 Å². The lowest BCUT2D eigenvalue weighted by Crippen LogP contribution is -2.46. The first-order valence-electron chi connectivity index (χ1n) is 3.48. The second kappa shape index (κ2) is 3.32. The number of aliphatic hydroxyl groups excluding tert-OH is 4. The molecule has 0 unspecified atom stereocenters. The molecule has 0 amide bonds. The van der Waals surface area contributed by atoms with Gasteiger partial charge in [-0.2, -0.15) is 0 Å². The number of hydrogen-bond acceptors (Lipinski definition) is 5. The Morgan fingerprint density at radius 3 is 2.42 bits per heavy atom. The van der Waals surface area contributed by atoms with Crippen LogP contribution < -0.4 is 0 Å². The fourth-order valence-corrected chi connectivity index (χ4v) is 1.05. The third-order valence-corrected chi connectivity index (χ3v) is 1.80. The standard InChI is InChI=1S/C7H10O5/c8-2-3-1-4(9)6(11)7(12)5(3)10/h1,4,6-9,11-12H,2H2/t4-,6-,7-/m0/s1. The molecular formula is C7H10O5. The van der Waals surface area contributed by atoms with Crippen LogP contribution >= 0.6 is 0 Å². The minimum Gasteiger partial charge on any atom is -0.392 e. The molecule has 0 radical (unpaired) electrons. The average Bonchev–Trinajstić information content (AvgIpc) is 2.08. The summed E-state index contributed by atoms with van der Waals surface area (Å²) >= 11 is 0. The molecule has 0 fully saturated rings. The smallest absolute Gasteiger partial charge is 0.192 e. The van der Waals surface area contributed by atoms with Crippen molar-refractivity contribution in [3.63, 3.8) is 0 Å². The molecule has 1 aliphatic carbocycles. The molecule has 0 heterocycles. The van der Waals surface area contributed by atoms with E-state index in [-0.39, 0.29) is 5.57 Å². The Balaban J connectivity index is 2.92. The van der Waals surface area contributed by atoms with E-state index in [9.17, 15) is 4.79 Å². The van der Waals surface area contributed by atoms with Gasteiger partial charge in [0.25, 0.3) is 0 Å². The van der Waals surface area contributed by atoms with E-state index in [0.717, 1.165) is 6.08 Å². The van der Waals surface area contributed by atoms with E-state index in [1.54, 1.807) is 0 Å². The number of ketones is 1. The molecule has 1 aliphatic rings. The molecule has 0 aromatic carbocycles. The molecule has 3 atom stereocenters. The van der Waals surface area contributed by atoms with Gasteiger partial charge in [-0.1, -0.05) is 0 Å². The number of carbonyl (C=O) groups is 1. The van der Waals surface area contributed by atoms with Crippen molar-refractivity contribution in [2.75, 3.05) is 6.61 Å². The van der Waals surface area contributed by atoms with E-state index < -0.39 is 30.7 Å². The van der Waals surface area contributed by atoms with Crippen molar-refractivity contribution in [1.29, 1.82) is 0 Å². The van der Waals surface area contributed by atoms with Crippen LogP contribution in [0.15, 0.2) is 11.6 Å². The van der Waals surface area contributed by atoms with Crippen LogP contribution in [0.4, 0.5) is 0 Å². The van der Waals surface area contributed by atoms with E-state index in [1.165, 1.54) is 0 Å². The van der Waals surface area contributed by atoms with Gasteiger partial charge in [0.05, 0.1) is 6.61 Å². The van der Waals surface area contributed by atoms with E-state index in [4.69, 9.17) is 20.4 Å². The molecule has 0 aliphatic heterocycles. The second-order valence-electron chi connectivity index (χ2n) is 2.64. The van der Waals surface area contributed by atoms with Crippen LogP contribution in [0.2, 0.25) is 0 Å². The Kier molecular flexibility index (Phi) is 2.58. The molecule has 0 aromatic rings. The van der Waals surface area contributed by atoms with Crippen LogP contribution in [0.25, 0.3) is 0 Å². The third-order valence-electron chi connectivity index (χ3n) is 1.80. The van der Waals surface area contributed by atoms with E-state index >= 15 is 0 Å². The fraction of sp³-hybridized carbons (Fsp3) is 0.571. The zero-order valence-electron chi connectivity index (χ0n) is 6.21. The van der Waals surface area contributed by atoms with E-state index in [0.29, 0.717) is 0 Å². The molecule has 0 saturated heterocycles. The van der Waals surface area contributed by atoms with Crippen molar-refractivity contribution in [2.45, 2.75) is 18.3 Å². The molecular weight excluding hydrogens is 164 g/mol. The van der Waals surface area contributed by atoms with Crippen LogP contribution in [-0.4, -0.2) is 51.1 Å². The Morgan fingerprint density at radius 2 is 1.92 bits per heavy atom. The van der Waals surface area contributed by atoms with Crippen LogP contribution in [0.5, 0.6) is 0 Å². The van der Waals surface area contributed by atoms with Gasteiger partial charge in [0, 0.05) is 5.57 Å². The Hall–Kier alpha value is -0.750. The zero-order chi connectivity index (χ0) is 9.30. The summed E-state index contributed by atoms with van der Waals surface area (Å²) in [5.41, 5.74) is -0.0692. The number of rotatable bonds is 1. The Morgan fingerprint density at radius 1 is 1.33 bits per heavy atom. The minimum atomic E-state index is -1.63. The summed E-state index contributed by atoms with van der Waals surface area (Å²) in [5, 5.41) is 35.6. The first-order valence-corrected chi connectivity index (χ1v) is 3.48. The number of carbonyl (C=O) groups excluding carboxylic acids is 1. The lowest BCUT2D eigenvalue weighted by atomic mass is 9.91. The van der Waals surface area contributed by atoms with Crippen LogP contribution in [0.1, 0.15) is 0 Å². The molecule has 0 aromatic heterocycles. The minimum absolute atomic E-state index is 0.0692. The Bertz CT molecular complexity index is 222. The van der Waals surface area contributed by atoms with Gasteiger partial charge in [-0.25, -0.2) is 0 Å². The predicted molar refractivity (Wildman–Crippen MR) is 38.2 cm³/mol. The highest BCUT2D eigenvalue weighted by molar-refractivity contribution is 6.00. The largest absolute Gasteiger partial charge is 0.392 e. The van der Waals surface area contributed by atoms with Crippen molar-refractivity contribution in [1.82, 2.24) is 0 Å². The summed E-state index contributed by atoms with van der Waals surface area (Å²) in [6, 6.07) is 0. The lowest BCUT2D eigenvalue weighted by Gasteiger charge is -2.25. The first kappa shape index (κ1) is 9.34. The van der Waals surface area contributed by atoms with Crippen LogP contribution in [0.3, 0.4) is 0 Å². The van der Waals surface area contributed by atoms with E-state index in [1.807, 2.05) is 0 Å². The lowest BCUT2D eigenvalue weighted by molar-refractivity contribution is -0.135. The molecule has 4 N–H and O–H groups in total. The van der Waals surface area contributed by atoms with Gasteiger partial charge < -0.3 is 20.4 Å². The maximum absolute atomic E-state index is 11.0. The van der Waals surface area contributed by atoms with Gasteiger partial charge in [-0.15, -0.1) is 0 Å². The predicted octanol–water partition coefficient (Wildman–Crippen LogP) is -2.43. The topological polar surface area (TPSA) is 98.0 Å². The number of Topliss-reactive ketones (excluding diaryl/α,β-unsaturated/α-hetero) is 1. The zero-order valence-corrected chi connectivity index (χ0v) is 6.21. The Labute approximate surface area is 68.6 Å². The van der Waals surface area contributed by atoms with Gasteiger partial charge >= 0.3 is 0 Å². The molecule has 68 valence electrons. The highest BCUT2D eigenvalue weighted by Gasteiger charge is 2.35. The van der Waals surface area contributed by atoms with Gasteiger partial charge in [-0.05, 0) is 6.08 Å². The molecule has 0 saturated carbocycles. The van der Waals surface area contributed by atoms with Crippen molar-refractivity contribution >= 4 is 5.78 Å². The summed E-state index contributed by atoms with van der Waals surface area (Å²) in [7, 11) is 0. The summed E-state index contributed by atoms with van der Waals surface area (Å²) in [6.07, 6.45) is -3.38. The highest BCUT2D eigenvalue weighted by Crippen LogP contribution is 2.15. The third kappa shape index (κ3) is 1.39. The second-order valence-corrected chi connectivity index (χ2v) is 2.64. The van der Waals surface area contributed by atoms with Gasteiger partial charge in [0.2, 0.25) is 0 Å². The fourth-order valence-electron chi connectivity index (χ4n) is 1.05.